The number of nitrogens with zero attached hydrogens (tertiary/aromatic N) is 2. The van der Waals surface area contributed by atoms with Gasteiger partial charge in [0.25, 0.3) is 5.91 Å². The minimum absolute atomic E-state index is 0.0797. The first-order valence-electron chi connectivity index (χ1n) is 4.14. The largest absolute Gasteiger partial charge is 0.342 e. The standard InChI is InChI=1S/C9H10N2O2/c1-10-4-5-11-3-2-7(12)6-8(11)9(10)13/h2-3,6H,4-5H2,1H3. The summed E-state index contributed by atoms with van der Waals surface area (Å²) in [6.07, 6.45) is 1.67. The van der Waals surface area contributed by atoms with Crippen LogP contribution in [0.2, 0.25) is 0 Å². The summed E-state index contributed by atoms with van der Waals surface area (Å²) in [5.41, 5.74) is 0.371. The average molecular weight is 178 g/mol. The number of carbonyl (C=O) groups is 1. The van der Waals surface area contributed by atoms with Crippen molar-refractivity contribution < 1.29 is 4.79 Å². The summed E-state index contributed by atoms with van der Waals surface area (Å²) in [6.45, 7) is 1.46. The van der Waals surface area contributed by atoms with E-state index in [0.29, 0.717) is 12.2 Å². The Hall–Kier alpha value is -1.58. The van der Waals surface area contributed by atoms with E-state index in [4.69, 9.17) is 0 Å². The molecule has 1 aromatic rings. The Balaban J connectivity index is 2.58. The van der Waals surface area contributed by atoms with Crippen LogP contribution in [0.15, 0.2) is 23.1 Å². The molecule has 0 N–H and O–H groups in total. The van der Waals surface area contributed by atoms with Gasteiger partial charge in [-0.3, -0.25) is 9.59 Å². The van der Waals surface area contributed by atoms with Crippen molar-refractivity contribution in [1.82, 2.24) is 9.47 Å². The highest BCUT2D eigenvalue weighted by Crippen LogP contribution is 2.07. The number of hydrogen-bond donors (Lipinski definition) is 0. The van der Waals surface area contributed by atoms with Crippen LogP contribution in [-0.4, -0.2) is 29.0 Å². The molecule has 0 fully saturated rings. The highest BCUT2D eigenvalue weighted by Gasteiger charge is 2.19. The summed E-state index contributed by atoms with van der Waals surface area (Å²) in [7, 11) is 1.74. The van der Waals surface area contributed by atoms with Crippen molar-refractivity contribution in [3.8, 4) is 0 Å². The molecule has 4 heteroatoms. The molecule has 0 aliphatic carbocycles. The highest BCUT2D eigenvalue weighted by atomic mass is 16.2. The Bertz CT molecular complexity index is 408. The van der Waals surface area contributed by atoms with E-state index < -0.39 is 0 Å². The van der Waals surface area contributed by atoms with Crippen LogP contribution in [0.25, 0.3) is 0 Å². The van der Waals surface area contributed by atoms with Gasteiger partial charge in [0, 0.05) is 38.5 Å². The van der Waals surface area contributed by atoms with E-state index >= 15 is 0 Å². The number of hydrogen-bond acceptors (Lipinski definition) is 2. The van der Waals surface area contributed by atoms with Crippen LogP contribution in [0.1, 0.15) is 10.5 Å². The second-order valence-electron chi connectivity index (χ2n) is 3.17. The van der Waals surface area contributed by atoms with Gasteiger partial charge in [0.15, 0.2) is 5.43 Å². The van der Waals surface area contributed by atoms with Crippen molar-refractivity contribution >= 4 is 5.91 Å². The molecule has 0 saturated carbocycles. The molecule has 0 aromatic carbocycles. The Labute approximate surface area is 75.4 Å². The number of amides is 1. The molecule has 1 aromatic heterocycles. The van der Waals surface area contributed by atoms with Crippen LogP contribution >= 0.6 is 0 Å². The average Bonchev–Trinajstić information content (AvgIpc) is 2.12. The molecule has 2 rings (SSSR count). The fourth-order valence-electron chi connectivity index (χ4n) is 1.44. The molecule has 1 amide bonds. The molecular weight excluding hydrogens is 168 g/mol. The lowest BCUT2D eigenvalue weighted by Crippen LogP contribution is -2.38. The first kappa shape index (κ1) is 8.04. The van der Waals surface area contributed by atoms with Crippen molar-refractivity contribution in [3.05, 3.63) is 34.2 Å². The van der Waals surface area contributed by atoms with Crippen molar-refractivity contribution in [2.24, 2.45) is 0 Å². The molecule has 0 radical (unpaired) electrons. The third-order valence-electron chi connectivity index (χ3n) is 2.25. The number of aromatic nitrogens is 1. The number of likely N-dealkylation sites (N-methyl/N-ethyl adjacent to an activating group) is 1. The molecule has 0 spiro atoms. The summed E-state index contributed by atoms with van der Waals surface area (Å²) in [6, 6.07) is 2.86. The number of carbonyl (C=O) groups excluding carboxylic acids is 1. The lowest BCUT2D eigenvalue weighted by molar-refractivity contribution is 0.0747. The Morgan fingerprint density at radius 3 is 2.85 bits per heavy atom. The zero-order valence-corrected chi connectivity index (χ0v) is 7.36. The predicted molar refractivity (Wildman–Crippen MR) is 47.7 cm³/mol. The molecule has 2 heterocycles. The fourth-order valence-corrected chi connectivity index (χ4v) is 1.44. The zero-order valence-electron chi connectivity index (χ0n) is 7.36. The summed E-state index contributed by atoms with van der Waals surface area (Å²) >= 11 is 0. The van der Waals surface area contributed by atoms with Crippen LogP contribution < -0.4 is 5.43 Å². The van der Waals surface area contributed by atoms with Gasteiger partial charge < -0.3 is 9.47 Å². The van der Waals surface area contributed by atoms with Crippen molar-refractivity contribution in [2.75, 3.05) is 13.6 Å². The van der Waals surface area contributed by atoms with Crippen LogP contribution in [-0.2, 0) is 6.54 Å². The normalized spacial score (nSPS) is 15.8. The van der Waals surface area contributed by atoms with E-state index in [9.17, 15) is 9.59 Å². The van der Waals surface area contributed by atoms with Crippen LogP contribution in [0, 0.1) is 0 Å². The minimum atomic E-state index is -0.116. The summed E-state index contributed by atoms with van der Waals surface area (Å²) in [4.78, 5) is 24.2. The molecule has 1 aliphatic rings. The number of rotatable bonds is 0. The van der Waals surface area contributed by atoms with Crippen molar-refractivity contribution in [2.45, 2.75) is 6.54 Å². The molecule has 0 bridgehead atoms. The molecule has 13 heavy (non-hydrogen) atoms. The van der Waals surface area contributed by atoms with Gasteiger partial charge in [0.2, 0.25) is 0 Å². The lowest BCUT2D eigenvalue weighted by Gasteiger charge is -2.25. The van der Waals surface area contributed by atoms with E-state index in [1.54, 1.807) is 18.1 Å². The molecule has 0 saturated heterocycles. The van der Waals surface area contributed by atoms with E-state index in [1.807, 2.05) is 4.57 Å². The van der Waals surface area contributed by atoms with E-state index in [2.05, 4.69) is 0 Å². The maximum absolute atomic E-state index is 11.5. The molecule has 1 aliphatic heterocycles. The zero-order chi connectivity index (χ0) is 9.42. The molecule has 0 unspecified atom stereocenters. The molecule has 4 nitrogen and oxygen atoms in total. The predicted octanol–water partition coefficient (Wildman–Crippen LogP) is -0.0661. The summed E-state index contributed by atoms with van der Waals surface area (Å²) in [5, 5.41) is 0. The van der Waals surface area contributed by atoms with Gasteiger partial charge in [0.1, 0.15) is 5.69 Å². The van der Waals surface area contributed by atoms with Gasteiger partial charge >= 0.3 is 0 Å². The third-order valence-corrected chi connectivity index (χ3v) is 2.25. The Morgan fingerprint density at radius 1 is 1.31 bits per heavy atom. The first-order valence-corrected chi connectivity index (χ1v) is 4.14. The second-order valence-corrected chi connectivity index (χ2v) is 3.17. The summed E-state index contributed by atoms with van der Waals surface area (Å²) in [5.74, 6) is -0.0797. The van der Waals surface area contributed by atoms with Crippen LogP contribution in [0.4, 0.5) is 0 Å². The minimum Gasteiger partial charge on any atom is -0.342 e. The Kier molecular flexibility index (Phi) is 1.69. The van der Waals surface area contributed by atoms with Gasteiger partial charge in [-0.05, 0) is 0 Å². The SMILES string of the molecule is CN1CCn2ccc(=O)cc2C1=O. The molecule has 68 valence electrons. The van der Waals surface area contributed by atoms with E-state index in [-0.39, 0.29) is 11.3 Å². The topological polar surface area (TPSA) is 42.3 Å². The molecular formula is C9H10N2O2. The maximum Gasteiger partial charge on any atom is 0.270 e. The molecule has 0 atom stereocenters. The van der Waals surface area contributed by atoms with Crippen molar-refractivity contribution in [3.63, 3.8) is 0 Å². The van der Waals surface area contributed by atoms with Gasteiger partial charge in [-0.15, -0.1) is 0 Å². The monoisotopic (exact) mass is 178 g/mol. The van der Waals surface area contributed by atoms with E-state index in [1.165, 1.54) is 12.1 Å². The van der Waals surface area contributed by atoms with Gasteiger partial charge in [-0.1, -0.05) is 0 Å². The number of pyridine rings is 1. The fraction of sp³-hybridized carbons (Fsp3) is 0.333. The smallest absolute Gasteiger partial charge is 0.270 e. The van der Waals surface area contributed by atoms with E-state index in [0.717, 1.165) is 6.54 Å². The van der Waals surface area contributed by atoms with Gasteiger partial charge in [0.05, 0.1) is 0 Å². The van der Waals surface area contributed by atoms with Crippen LogP contribution in [0.5, 0.6) is 0 Å². The second kappa shape index (κ2) is 2.73. The lowest BCUT2D eigenvalue weighted by atomic mass is 10.2. The number of fused-ring (bicyclic) bond motifs is 1. The first-order chi connectivity index (χ1) is 6.18. The van der Waals surface area contributed by atoms with Gasteiger partial charge in [-0.2, -0.15) is 0 Å². The summed E-state index contributed by atoms with van der Waals surface area (Å²) < 4.78 is 1.81. The quantitative estimate of drug-likeness (QED) is 0.558. The third kappa shape index (κ3) is 1.24. The van der Waals surface area contributed by atoms with Crippen LogP contribution in [0.3, 0.4) is 0 Å². The van der Waals surface area contributed by atoms with Gasteiger partial charge in [-0.25, -0.2) is 0 Å². The highest BCUT2D eigenvalue weighted by molar-refractivity contribution is 5.92. The van der Waals surface area contributed by atoms with Crippen molar-refractivity contribution in [1.29, 1.82) is 0 Å². The maximum atomic E-state index is 11.5. The Morgan fingerprint density at radius 2 is 2.08 bits per heavy atom.